The standard InChI is InChI=1S/C30H45N3O2/c1-5-6-7-8-9-10-11-12-13-16-23(2)33-29(34)25-18-14-17-24-27(31-21-15-22-32(3)4)20-19-26(28(24)25)30(33)35/h14,17-20,23,31H,5-13,15-16,21-22H2,1-4H3. The van der Waals surface area contributed by atoms with E-state index in [1.165, 1.54) is 56.3 Å². The number of rotatable bonds is 16. The van der Waals surface area contributed by atoms with Gasteiger partial charge in [0.15, 0.2) is 0 Å². The minimum Gasteiger partial charge on any atom is -0.384 e. The summed E-state index contributed by atoms with van der Waals surface area (Å²) in [5.41, 5.74) is 2.28. The molecule has 192 valence electrons. The predicted molar refractivity (Wildman–Crippen MR) is 147 cm³/mol. The smallest absolute Gasteiger partial charge is 0.261 e. The molecular formula is C30H45N3O2. The van der Waals surface area contributed by atoms with Crippen LogP contribution in [0, 0.1) is 0 Å². The first-order valence-electron chi connectivity index (χ1n) is 13.8. The van der Waals surface area contributed by atoms with Gasteiger partial charge in [-0.05, 0) is 58.6 Å². The molecule has 1 aliphatic heterocycles. The Morgan fingerprint density at radius 1 is 0.829 bits per heavy atom. The maximum atomic E-state index is 13.4. The lowest BCUT2D eigenvalue weighted by Gasteiger charge is -2.32. The zero-order chi connectivity index (χ0) is 25.2. The Hall–Kier alpha value is -2.40. The minimum atomic E-state index is -0.152. The molecule has 1 unspecified atom stereocenters. The molecule has 0 spiro atoms. The molecule has 0 radical (unpaired) electrons. The van der Waals surface area contributed by atoms with Crippen molar-refractivity contribution in [2.45, 2.75) is 90.5 Å². The number of hydrogen-bond acceptors (Lipinski definition) is 4. The van der Waals surface area contributed by atoms with Gasteiger partial charge in [0, 0.05) is 40.2 Å². The van der Waals surface area contributed by atoms with Crippen molar-refractivity contribution in [1.29, 1.82) is 0 Å². The summed E-state index contributed by atoms with van der Waals surface area (Å²) >= 11 is 0. The average molecular weight is 480 g/mol. The van der Waals surface area contributed by atoms with Crippen LogP contribution in [0.25, 0.3) is 10.8 Å². The summed E-state index contributed by atoms with van der Waals surface area (Å²) in [6.45, 7) is 6.13. The molecule has 1 aliphatic rings. The van der Waals surface area contributed by atoms with Crippen LogP contribution in [0.3, 0.4) is 0 Å². The van der Waals surface area contributed by atoms with Crippen LogP contribution >= 0.6 is 0 Å². The number of carbonyl (C=O) groups excluding carboxylic acids is 2. The van der Waals surface area contributed by atoms with E-state index in [1.807, 2.05) is 37.3 Å². The van der Waals surface area contributed by atoms with Crippen LogP contribution in [0.1, 0.15) is 105 Å². The van der Waals surface area contributed by atoms with Crippen molar-refractivity contribution in [3.63, 3.8) is 0 Å². The largest absolute Gasteiger partial charge is 0.384 e. The lowest BCUT2D eigenvalue weighted by molar-refractivity contribution is 0.0542. The van der Waals surface area contributed by atoms with Gasteiger partial charge in [-0.15, -0.1) is 0 Å². The Kier molecular flexibility index (Phi) is 10.6. The van der Waals surface area contributed by atoms with Crippen LogP contribution in [0.15, 0.2) is 30.3 Å². The van der Waals surface area contributed by atoms with Crippen LogP contribution in [0.4, 0.5) is 5.69 Å². The molecule has 2 aromatic rings. The van der Waals surface area contributed by atoms with Crippen molar-refractivity contribution in [3.05, 3.63) is 41.5 Å². The van der Waals surface area contributed by atoms with E-state index in [9.17, 15) is 9.59 Å². The fraction of sp³-hybridized carbons (Fsp3) is 0.600. The summed E-state index contributed by atoms with van der Waals surface area (Å²) in [7, 11) is 4.14. The van der Waals surface area contributed by atoms with Crippen molar-refractivity contribution in [1.82, 2.24) is 9.80 Å². The number of imide groups is 1. The SMILES string of the molecule is CCCCCCCCCCCC(C)N1C(=O)c2cccc3c(NCCCN(C)C)ccc(c23)C1=O. The molecule has 5 nitrogen and oxygen atoms in total. The molecule has 2 amide bonds. The second kappa shape index (κ2) is 13.6. The van der Waals surface area contributed by atoms with E-state index >= 15 is 0 Å². The van der Waals surface area contributed by atoms with Crippen molar-refractivity contribution in [2.24, 2.45) is 0 Å². The van der Waals surface area contributed by atoms with E-state index in [2.05, 4.69) is 31.2 Å². The van der Waals surface area contributed by atoms with Gasteiger partial charge >= 0.3 is 0 Å². The third kappa shape index (κ3) is 7.07. The van der Waals surface area contributed by atoms with Gasteiger partial charge in [-0.25, -0.2) is 0 Å². The van der Waals surface area contributed by atoms with Crippen LogP contribution in [0.5, 0.6) is 0 Å². The van der Waals surface area contributed by atoms with Gasteiger partial charge in [-0.3, -0.25) is 14.5 Å². The second-order valence-corrected chi connectivity index (χ2v) is 10.4. The number of benzene rings is 2. The van der Waals surface area contributed by atoms with Gasteiger partial charge in [-0.2, -0.15) is 0 Å². The van der Waals surface area contributed by atoms with Crippen molar-refractivity contribution in [2.75, 3.05) is 32.5 Å². The van der Waals surface area contributed by atoms with Crippen LogP contribution in [-0.4, -0.2) is 54.8 Å². The van der Waals surface area contributed by atoms with Gasteiger partial charge in [0.05, 0.1) is 0 Å². The van der Waals surface area contributed by atoms with Crippen LogP contribution < -0.4 is 5.32 Å². The number of amides is 2. The summed E-state index contributed by atoms with van der Waals surface area (Å²) < 4.78 is 0. The number of anilines is 1. The van der Waals surface area contributed by atoms with Crippen molar-refractivity contribution < 1.29 is 9.59 Å². The Balaban J connectivity index is 1.60. The minimum absolute atomic E-state index is 0.0909. The maximum Gasteiger partial charge on any atom is 0.261 e. The monoisotopic (exact) mass is 479 g/mol. The Bertz CT molecular complexity index is 963. The quantitative estimate of drug-likeness (QED) is 0.206. The summed E-state index contributed by atoms with van der Waals surface area (Å²) in [5.74, 6) is -0.303. The fourth-order valence-electron chi connectivity index (χ4n) is 5.17. The molecule has 1 N–H and O–H groups in total. The lowest BCUT2D eigenvalue weighted by Crippen LogP contribution is -2.45. The van der Waals surface area contributed by atoms with Gasteiger partial charge in [-0.1, -0.05) is 76.8 Å². The summed E-state index contributed by atoms with van der Waals surface area (Å²) in [6.07, 6.45) is 13.3. The first kappa shape index (κ1) is 27.2. The molecule has 0 saturated heterocycles. The van der Waals surface area contributed by atoms with Crippen molar-refractivity contribution >= 4 is 28.3 Å². The molecular weight excluding hydrogens is 434 g/mol. The molecule has 0 saturated carbocycles. The summed E-state index contributed by atoms with van der Waals surface area (Å²) in [6, 6.07) is 9.62. The van der Waals surface area contributed by atoms with E-state index in [0.29, 0.717) is 11.1 Å². The van der Waals surface area contributed by atoms with E-state index < -0.39 is 0 Å². The average Bonchev–Trinajstić information content (AvgIpc) is 2.84. The van der Waals surface area contributed by atoms with E-state index in [1.54, 1.807) is 0 Å². The Morgan fingerprint density at radius 3 is 2.11 bits per heavy atom. The molecule has 2 aromatic carbocycles. The van der Waals surface area contributed by atoms with Crippen LogP contribution in [0.2, 0.25) is 0 Å². The molecule has 35 heavy (non-hydrogen) atoms. The first-order valence-corrected chi connectivity index (χ1v) is 13.8. The topological polar surface area (TPSA) is 52.7 Å². The Labute approximate surface area is 212 Å². The van der Waals surface area contributed by atoms with Gasteiger partial charge in [0.2, 0.25) is 0 Å². The molecule has 0 aromatic heterocycles. The van der Waals surface area contributed by atoms with Gasteiger partial charge in [0.1, 0.15) is 0 Å². The van der Waals surface area contributed by atoms with Crippen molar-refractivity contribution in [3.8, 4) is 0 Å². The van der Waals surface area contributed by atoms with E-state index in [-0.39, 0.29) is 17.9 Å². The van der Waals surface area contributed by atoms with E-state index in [0.717, 1.165) is 48.8 Å². The fourth-order valence-corrected chi connectivity index (χ4v) is 5.17. The highest BCUT2D eigenvalue weighted by Crippen LogP contribution is 2.35. The Morgan fingerprint density at radius 2 is 1.46 bits per heavy atom. The molecule has 0 bridgehead atoms. The number of hydrogen-bond donors (Lipinski definition) is 1. The predicted octanol–water partition coefficient (Wildman–Crippen LogP) is 7.11. The first-order chi connectivity index (χ1) is 17.0. The third-order valence-electron chi connectivity index (χ3n) is 7.20. The maximum absolute atomic E-state index is 13.4. The zero-order valence-electron chi connectivity index (χ0n) is 22.4. The van der Waals surface area contributed by atoms with Gasteiger partial charge < -0.3 is 10.2 Å². The molecule has 5 heteroatoms. The molecule has 0 fully saturated rings. The highest BCUT2D eigenvalue weighted by atomic mass is 16.2. The third-order valence-corrected chi connectivity index (χ3v) is 7.20. The molecule has 1 atom stereocenters. The van der Waals surface area contributed by atoms with Gasteiger partial charge in [0.25, 0.3) is 11.8 Å². The number of carbonyl (C=O) groups is 2. The zero-order valence-corrected chi connectivity index (χ0v) is 22.4. The highest BCUT2D eigenvalue weighted by molar-refractivity contribution is 6.26. The summed E-state index contributed by atoms with van der Waals surface area (Å²) in [5, 5.41) is 5.26. The second-order valence-electron chi connectivity index (χ2n) is 10.4. The molecule has 0 aliphatic carbocycles. The number of unbranched alkanes of at least 4 members (excludes halogenated alkanes) is 8. The lowest BCUT2D eigenvalue weighted by atomic mass is 9.91. The van der Waals surface area contributed by atoms with E-state index in [4.69, 9.17) is 0 Å². The normalized spacial score (nSPS) is 14.3. The van der Waals surface area contributed by atoms with Crippen LogP contribution in [-0.2, 0) is 0 Å². The highest BCUT2D eigenvalue weighted by Gasteiger charge is 2.35. The number of nitrogens with one attached hydrogen (secondary N) is 1. The number of nitrogens with zero attached hydrogens (tertiary/aromatic N) is 2. The molecule has 1 heterocycles. The molecule has 3 rings (SSSR count). The summed E-state index contributed by atoms with van der Waals surface area (Å²) in [4.78, 5) is 30.6.